The molecule has 0 saturated carbocycles. The quantitative estimate of drug-likeness (QED) is 0.406. The van der Waals surface area contributed by atoms with E-state index in [1.54, 1.807) is 0 Å². The van der Waals surface area contributed by atoms with Gasteiger partial charge in [-0.1, -0.05) is 0 Å². The van der Waals surface area contributed by atoms with Gasteiger partial charge in [-0.25, -0.2) is 4.21 Å². The van der Waals surface area contributed by atoms with Crippen molar-refractivity contribution in [3.05, 3.63) is 0 Å². The van der Waals surface area contributed by atoms with E-state index in [1.807, 2.05) is 0 Å². The molecule has 0 aliphatic heterocycles. The minimum Gasteiger partial charge on any atom is -0.306 e. The van der Waals surface area contributed by atoms with E-state index in [-0.39, 0.29) is 5.75 Å². The number of hydrogen-bond acceptors (Lipinski definition) is 3. The first kappa shape index (κ1) is 7.80. The van der Waals surface area contributed by atoms with Crippen molar-refractivity contribution in [2.45, 2.75) is 0 Å². The molecule has 0 aliphatic carbocycles. The predicted octanol–water partition coefficient (Wildman–Crippen LogP) is -1.11. The third-order valence-corrected chi connectivity index (χ3v) is 1.45. The molecule has 0 saturated heterocycles. The molecular weight excluding hydrogens is 152 g/mol. The summed E-state index contributed by atoms with van der Waals surface area (Å²) >= 11 is -2.03. The molecule has 0 aromatic carbocycles. The summed E-state index contributed by atoms with van der Waals surface area (Å²) in [6.07, 6.45) is 0. The van der Waals surface area contributed by atoms with Crippen LogP contribution in [0.4, 0.5) is 0 Å². The molecule has 0 bridgehead atoms. The first-order valence-corrected chi connectivity index (χ1v) is 4.03. The largest absolute Gasteiger partial charge is 0.306 e. The maximum Gasteiger partial charge on any atom is 0.210 e. The van der Waals surface area contributed by atoms with E-state index in [1.165, 1.54) is 0 Å². The first-order valence-electron chi connectivity index (χ1n) is 1.62. The van der Waals surface area contributed by atoms with Crippen molar-refractivity contribution in [2.24, 2.45) is 0 Å². The van der Waals surface area contributed by atoms with Crippen molar-refractivity contribution in [1.82, 2.24) is 0 Å². The van der Waals surface area contributed by atoms with Gasteiger partial charge in [0.25, 0.3) is 0 Å². The van der Waals surface area contributed by atoms with Crippen molar-refractivity contribution in [2.75, 3.05) is 5.75 Å². The lowest BCUT2D eigenvalue weighted by atomic mass is 11.0. The van der Waals surface area contributed by atoms with Gasteiger partial charge in [-0.05, 0) is 0 Å². The Morgan fingerprint density at radius 3 is 2.00 bits per heavy atom. The Balaban J connectivity index is 3.81. The van der Waals surface area contributed by atoms with Crippen LogP contribution < -0.4 is 0 Å². The maximum atomic E-state index is 9.71. The van der Waals surface area contributed by atoms with Crippen LogP contribution >= 0.6 is 0 Å². The average Bonchev–Trinajstić information content (AvgIpc) is 1.61. The lowest BCUT2D eigenvalue weighted by molar-refractivity contribution is 0.569. The molecule has 0 spiro atoms. The summed E-state index contributed by atoms with van der Waals surface area (Å²) in [5.41, 5.74) is 0. The van der Waals surface area contributed by atoms with E-state index in [0.717, 1.165) is 5.37 Å². The van der Waals surface area contributed by atoms with Crippen molar-refractivity contribution in [1.29, 1.82) is 0 Å². The molecule has 8 heavy (non-hydrogen) atoms. The zero-order valence-electron chi connectivity index (χ0n) is 3.77. The van der Waals surface area contributed by atoms with Gasteiger partial charge < -0.3 is 4.55 Å². The fourth-order valence-electron chi connectivity index (χ4n) is 0.114. The van der Waals surface area contributed by atoms with E-state index in [2.05, 4.69) is 0 Å². The summed E-state index contributed by atoms with van der Waals surface area (Å²) in [5.74, 6) is -0.323. The summed E-state index contributed by atoms with van der Waals surface area (Å²) in [5, 5.41) is 0.732. The second kappa shape index (κ2) is 3.76. The molecular formula is C2H4O4S2. The zero-order valence-corrected chi connectivity index (χ0v) is 5.41. The number of rotatable bonds is 2. The summed E-state index contributed by atoms with van der Waals surface area (Å²) in [6, 6.07) is 0. The van der Waals surface area contributed by atoms with E-state index in [9.17, 15) is 12.6 Å². The van der Waals surface area contributed by atoms with E-state index < -0.39 is 21.4 Å². The van der Waals surface area contributed by atoms with Crippen LogP contribution in [0.5, 0.6) is 0 Å². The van der Waals surface area contributed by atoms with E-state index in [4.69, 9.17) is 4.55 Å². The Kier molecular flexibility index (Phi) is 3.67. The average molecular weight is 156 g/mol. The molecule has 48 valence electrons. The summed E-state index contributed by atoms with van der Waals surface area (Å²) in [6.45, 7) is 0. The fourth-order valence-corrected chi connectivity index (χ4v) is 1.02. The Bertz CT molecular complexity index is 192. The SMILES string of the molecule is O=S(O)CC=S(=O)=O. The fraction of sp³-hybridized carbons (Fsp3) is 0.500. The molecule has 6 heteroatoms. The molecule has 0 rings (SSSR count). The molecule has 1 atom stereocenters. The minimum atomic E-state index is -2.31. The van der Waals surface area contributed by atoms with Gasteiger partial charge in [0, 0.05) is 0 Å². The van der Waals surface area contributed by atoms with Crippen LogP contribution in [-0.4, -0.2) is 28.3 Å². The van der Waals surface area contributed by atoms with Gasteiger partial charge in [0.15, 0.2) is 11.1 Å². The third kappa shape index (κ3) is 5.80. The Labute approximate surface area is 50.3 Å². The normalized spacial score (nSPS) is 12.6. The Hall–Kier alpha value is -0.200. The van der Waals surface area contributed by atoms with Crippen LogP contribution in [0.15, 0.2) is 0 Å². The van der Waals surface area contributed by atoms with Gasteiger partial charge in [-0.3, -0.25) is 0 Å². The smallest absolute Gasteiger partial charge is 0.210 e. The molecule has 0 fully saturated rings. The summed E-state index contributed by atoms with van der Waals surface area (Å²) in [4.78, 5) is 0. The lowest BCUT2D eigenvalue weighted by Gasteiger charge is -1.75. The van der Waals surface area contributed by atoms with E-state index in [0.29, 0.717) is 0 Å². The van der Waals surface area contributed by atoms with Gasteiger partial charge in [0.1, 0.15) is 0 Å². The molecule has 1 N–H and O–H groups in total. The molecule has 4 nitrogen and oxygen atoms in total. The Morgan fingerprint density at radius 2 is 1.88 bits per heavy atom. The van der Waals surface area contributed by atoms with E-state index >= 15 is 0 Å². The molecule has 0 amide bonds. The van der Waals surface area contributed by atoms with Gasteiger partial charge in [0.05, 0.1) is 11.1 Å². The Morgan fingerprint density at radius 1 is 1.38 bits per heavy atom. The van der Waals surface area contributed by atoms with Gasteiger partial charge in [-0.15, -0.1) is 0 Å². The molecule has 0 heterocycles. The molecule has 1 unspecified atom stereocenters. The third-order valence-electron chi connectivity index (χ3n) is 0.347. The van der Waals surface area contributed by atoms with Crippen LogP contribution in [0.1, 0.15) is 0 Å². The van der Waals surface area contributed by atoms with Gasteiger partial charge in [-0.2, -0.15) is 8.42 Å². The van der Waals surface area contributed by atoms with Crippen LogP contribution in [0.25, 0.3) is 0 Å². The second-order valence-electron chi connectivity index (χ2n) is 0.915. The highest BCUT2D eigenvalue weighted by molar-refractivity contribution is 7.82. The topological polar surface area (TPSA) is 71.4 Å². The highest BCUT2D eigenvalue weighted by atomic mass is 32.2. The minimum absolute atomic E-state index is 0.323. The highest BCUT2D eigenvalue weighted by Gasteiger charge is 1.85. The molecule has 0 aromatic heterocycles. The van der Waals surface area contributed by atoms with Gasteiger partial charge in [0.2, 0.25) is 10.3 Å². The highest BCUT2D eigenvalue weighted by Crippen LogP contribution is 1.64. The lowest BCUT2D eigenvalue weighted by Crippen LogP contribution is -1.95. The first-order chi connectivity index (χ1) is 3.63. The number of hydrogen-bond donors (Lipinski definition) is 1. The standard InChI is InChI=1S/C2H4O4S2/c3-7(4)1-2-8(5)6/h1H,2H2,(H,5,6). The molecule has 0 radical (unpaired) electrons. The second-order valence-corrected chi connectivity index (χ2v) is 2.75. The molecule has 0 aliphatic rings. The predicted molar refractivity (Wildman–Crippen MR) is 30.6 cm³/mol. The monoisotopic (exact) mass is 156 g/mol. The zero-order chi connectivity index (χ0) is 6.57. The summed E-state index contributed by atoms with van der Waals surface area (Å²) in [7, 11) is -2.31. The van der Waals surface area contributed by atoms with Crippen LogP contribution in [0.2, 0.25) is 0 Å². The van der Waals surface area contributed by atoms with Gasteiger partial charge >= 0.3 is 0 Å². The van der Waals surface area contributed by atoms with Crippen molar-refractivity contribution < 1.29 is 17.2 Å². The van der Waals surface area contributed by atoms with Crippen LogP contribution in [0, 0.1) is 0 Å². The molecule has 0 aromatic rings. The van der Waals surface area contributed by atoms with Crippen LogP contribution in [-0.2, 0) is 21.4 Å². The van der Waals surface area contributed by atoms with Crippen LogP contribution in [0.3, 0.4) is 0 Å². The van der Waals surface area contributed by atoms with Crippen molar-refractivity contribution in [3.63, 3.8) is 0 Å². The summed E-state index contributed by atoms with van der Waals surface area (Å²) < 4.78 is 36.9. The van der Waals surface area contributed by atoms with Crippen molar-refractivity contribution >= 4 is 26.7 Å². The maximum absolute atomic E-state index is 9.71. The van der Waals surface area contributed by atoms with Crippen molar-refractivity contribution in [3.8, 4) is 0 Å².